The number of non-ortho nitro benzene ring substituents is 1. The van der Waals surface area contributed by atoms with E-state index >= 15 is 0 Å². The highest BCUT2D eigenvalue weighted by molar-refractivity contribution is 5.86. The normalized spacial score (nSPS) is 10.7. The Morgan fingerprint density at radius 2 is 2.10 bits per heavy atom. The van der Waals surface area contributed by atoms with E-state index in [1.807, 2.05) is 0 Å². The fourth-order valence-corrected chi connectivity index (χ4v) is 1.53. The van der Waals surface area contributed by atoms with E-state index in [0.29, 0.717) is 5.69 Å². The fraction of sp³-hybridized carbons (Fsp3) is 0.0769. The number of ether oxygens (including phenoxy) is 1. The molecule has 0 N–H and O–H groups in total. The van der Waals surface area contributed by atoms with E-state index in [1.165, 1.54) is 31.4 Å². The van der Waals surface area contributed by atoms with Gasteiger partial charge in [0.15, 0.2) is 0 Å². The van der Waals surface area contributed by atoms with E-state index in [4.69, 9.17) is 0 Å². The van der Waals surface area contributed by atoms with E-state index in [0.717, 1.165) is 5.69 Å². The number of benzene rings is 1. The average Bonchev–Trinajstić information content (AvgIpc) is 2.93. The van der Waals surface area contributed by atoms with Crippen LogP contribution in [0.2, 0.25) is 0 Å². The van der Waals surface area contributed by atoms with Crippen molar-refractivity contribution >= 4 is 17.7 Å². The van der Waals surface area contributed by atoms with E-state index < -0.39 is 10.9 Å². The quantitative estimate of drug-likeness (QED) is 0.368. The molecular formula is C13H11N3O4. The predicted octanol–water partition coefficient (Wildman–Crippen LogP) is 1.97. The molecular weight excluding hydrogens is 262 g/mol. The predicted molar refractivity (Wildman–Crippen MR) is 71.3 cm³/mol. The first-order valence-corrected chi connectivity index (χ1v) is 5.65. The SMILES string of the molecule is COC(=O)C=Cc1cn(-c2ccc([N+](=O)[O-])cc2)cn1. The molecule has 0 aliphatic heterocycles. The van der Waals surface area contributed by atoms with Gasteiger partial charge in [0.2, 0.25) is 0 Å². The number of hydrogen-bond donors (Lipinski definition) is 0. The third-order valence-electron chi connectivity index (χ3n) is 2.55. The lowest BCUT2D eigenvalue weighted by Gasteiger charge is -2.00. The van der Waals surface area contributed by atoms with E-state index in [-0.39, 0.29) is 5.69 Å². The Labute approximate surface area is 114 Å². The minimum absolute atomic E-state index is 0.0275. The van der Waals surface area contributed by atoms with Crippen LogP contribution in [0.25, 0.3) is 11.8 Å². The van der Waals surface area contributed by atoms with Crippen molar-refractivity contribution in [1.82, 2.24) is 9.55 Å². The molecule has 2 rings (SSSR count). The summed E-state index contributed by atoms with van der Waals surface area (Å²) in [6, 6.07) is 6.07. The summed E-state index contributed by atoms with van der Waals surface area (Å²) >= 11 is 0. The summed E-state index contributed by atoms with van der Waals surface area (Å²) in [5.41, 5.74) is 1.34. The van der Waals surface area contributed by atoms with Crippen molar-refractivity contribution in [2.45, 2.75) is 0 Å². The molecule has 7 heteroatoms. The molecule has 1 aromatic heterocycles. The maximum Gasteiger partial charge on any atom is 0.330 e. The summed E-state index contributed by atoms with van der Waals surface area (Å²) in [4.78, 5) is 25.2. The smallest absolute Gasteiger partial charge is 0.330 e. The molecule has 0 aliphatic carbocycles. The van der Waals surface area contributed by atoms with Crippen LogP contribution in [0.4, 0.5) is 5.69 Å². The molecule has 0 bridgehead atoms. The number of hydrogen-bond acceptors (Lipinski definition) is 5. The molecule has 0 saturated carbocycles. The molecule has 0 amide bonds. The lowest BCUT2D eigenvalue weighted by molar-refractivity contribution is -0.384. The molecule has 102 valence electrons. The highest BCUT2D eigenvalue weighted by Gasteiger charge is 2.05. The lowest BCUT2D eigenvalue weighted by atomic mass is 10.3. The maximum atomic E-state index is 11.0. The minimum atomic E-state index is -0.463. The van der Waals surface area contributed by atoms with Crippen LogP contribution in [0.5, 0.6) is 0 Å². The van der Waals surface area contributed by atoms with Crippen molar-refractivity contribution in [1.29, 1.82) is 0 Å². The molecule has 0 spiro atoms. The number of nitrogens with zero attached hydrogens (tertiary/aromatic N) is 3. The number of methoxy groups -OCH3 is 1. The van der Waals surface area contributed by atoms with Crippen molar-refractivity contribution in [3.05, 3.63) is 58.7 Å². The van der Waals surface area contributed by atoms with Crippen molar-refractivity contribution < 1.29 is 14.5 Å². The van der Waals surface area contributed by atoms with Crippen LogP contribution in [0.15, 0.2) is 42.9 Å². The molecule has 0 atom stereocenters. The molecule has 1 aromatic carbocycles. The number of rotatable bonds is 4. The Morgan fingerprint density at radius 1 is 1.40 bits per heavy atom. The molecule has 1 heterocycles. The van der Waals surface area contributed by atoms with Crippen molar-refractivity contribution in [3.63, 3.8) is 0 Å². The topological polar surface area (TPSA) is 87.3 Å². The number of carbonyl (C=O) groups excluding carboxylic acids is 1. The van der Waals surface area contributed by atoms with E-state index in [2.05, 4.69) is 9.72 Å². The minimum Gasteiger partial charge on any atom is -0.466 e. The van der Waals surface area contributed by atoms with Crippen LogP contribution >= 0.6 is 0 Å². The summed E-state index contributed by atoms with van der Waals surface area (Å²) in [5, 5.41) is 10.6. The van der Waals surface area contributed by atoms with Crippen LogP contribution in [0.3, 0.4) is 0 Å². The summed E-state index contributed by atoms with van der Waals surface area (Å²) in [7, 11) is 1.29. The largest absolute Gasteiger partial charge is 0.466 e. The third kappa shape index (κ3) is 3.08. The highest BCUT2D eigenvalue weighted by atomic mass is 16.6. The van der Waals surface area contributed by atoms with E-state index in [1.54, 1.807) is 29.2 Å². The van der Waals surface area contributed by atoms with Crippen LogP contribution in [0, 0.1) is 10.1 Å². The first kappa shape index (κ1) is 13.5. The van der Waals surface area contributed by atoms with Gasteiger partial charge in [-0.15, -0.1) is 0 Å². The molecule has 0 unspecified atom stereocenters. The van der Waals surface area contributed by atoms with Crippen molar-refractivity contribution in [2.75, 3.05) is 7.11 Å². The highest BCUT2D eigenvalue weighted by Crippen LogP contribution is 2.15. The van der Waals surface area contributed by atoms with Gasteiger partial charge in [0.1, 0.15) is 0 Å². The number of carbonyl (C=O) groups is 1. The third-order valence-corrected chi connectivity index (χ3v) is 2.55. The fourth-order valence-electron chi connectivity index (χ4n) is 1.53. The molecule has 2 aromatic rings. The van der Waals surface area contributed by atoms with Crippen LogP contribution in [0.1, 0.15) is 5.69 Å². The van der Waals surface area contributed by atoms with Crippen LogP contribution < -0.4 is 0 Å². The number of esters is 1. The van der Waals surface area contributed by atoms with Gasteiger partial charge in [-0.3, -0.25) is 10.1 Å². The van der Waals surface area contributed by atoms with Gasteiger partial charge in [-0.05, 0) is 18.2 Å². The van der Waals surface area contributed by atoms with Crippen LogP contribution in [-0.2, 0) is 9.53 Å². The van der Waals surface area contributed by atoms with Gasteiger partial charge in [-0.1, -0.05) is 0 Å². The second-order valence-electron chi connectivity index (χ2n) is 3.84. The van der Waals surface area contributed by atoms with Gasteiger partial charge in [0.25, 0.3) is 5.69 Å². The van der Waals surface area contributed by atoms with Gasteiger partial charge in [0.05, 0.1) is 24.1 Å². The Morgan fingerprint density at radius 3 is 2.70 bits per heavy atom. The second-order valence-corrected chi connectivity index (χ2v) is 3.84. The summed E-state index contributed by atoms with van der Waals surface area (Å²) in [6.07, 6.45) is 6.04. The Kier molecular flexibility index (Phi) is 3.90. The Bertz CT molecular complexity index is 659. The van der Waals surface area contributed by atoms with E-state index in [9.17, 15) is 14.9 Å². The zero-order valence-corrected chi connectivity index (χ0v) is 10.6. The molecule has 0 radical (unpaired) electrons. The lowest BCUT2D eigenvalue weighted by Crippen LogP contribution is -1.93. The molecule has 7 nitrogen and oxygen atoms in total. The second kappa shape index (κ2) is 5.79. The first-order valence-electron chi connectivity index (χ1n) is 5.65. The summed E-state index contributed by atoms with van der Waals surface area (Å²) < 4.78 is 6.17. The first-order chi connectivity index (χ1) is 9.60. The van der Waals surface area contributed by atoms with Gasteiger partial charge < -0.3 is 9.30 Å². The number of nitro groups is 1. The maximum absolute atomic E-state index is 11.0. The van der Waals surface area contributed by atoms with Gasteiger partial charge >= 0.3 is 5.97 Å². The Balaban J connectivity index is 2.18. The number of imidazole rings is 1. The van der Waals surface area contributed by atoms with Gasteiger partial charge in [0, 0.05) is 30.1 Å². The zero-order valence-electron chi connectivity index (χ0n) is 10.6. The van der Waals surface area contributed by atoms with Crippen LogP contribution in [-0.4, -0.2) is 27.6 Å². The van der Waals surface area contributed by atoms with Crippen molar-refractivity contribution in [2.24, 2.45) is 0 Å². The molecule has 0 aliphatic rings. The molecule has 0 fully saturated rings. The van der Waals surface area contributed by atoms with Gasteiger partial charge in [-0.25, -0.2) is 9.78 Å². The van der Waals surface area contributed by atoms with Gasteiger partial charge in [-0.2, -0.15) is 0 Å². The molecule has 20 heavy (non-hydrogen) atoms. The number of nitro benzene ring substituents is 1. The zero-order chi connectivity index (χ0) is 14.5. The Hall–Kier alpha value is -2.96. The average molecular weight is 273 g/mol. The summed E-state index contributed by atoms with van der Waals surface area (Å²) in [6.45, 7) is 0. The monoisotopic (exact) mass is 273 g/mol. The number of aromatic nitrogens is 2. The standard InChI is InChI=1S/C13H11N3O4/c1-20-13(17)7-2-10-8-15(9-14-10)11-3-5-12(6-4-11)16(18)19/h2-9H,1H3. The van der Waals surface area contributed by atoms with Crippen molar-refractivity contribution in [3.8, 4) is 5.69 Å². The summed E-state index contributed by atoms with van der Waals surface area (Å²) in [5.74, 6) is -0.463. The molecule has 0 saturated heterocycles.